The van der Waals surface area contributed by atoms with E-state index >= 15 is 0 Å². The van der Waals surface area contributed by atoms with Crippen molar-refractivity contribution >= 4 is 5.97 Å². The van der Waals surface area contributed by atoms with E-state index in [1.54, 1.807) is 0 Å². The van der Waals surface area contributed by atoms with Gasteiger partial charge in [0.1, 0.15) is 6.61 Å². The van der Waals surface area contributed by atoms with E-state index in [2.05, 4.69) is 20.1 Å². The second-order valence-corrected chi connectivity index (χ2v) is 3.73. The van der Waals surface area contributed by atoms with E-state index in [4.69, 9.17) is 4.74 Å². The molecule has 0 fully saturated rings. The molecule has 0 aromatic carbocycles. The van der Waals surface area contributed by atoms with Gasteiger partial charge in [0.15, 0.2) is 0 Å². The van der Waals surface area contributed by atoms with Gasteiger partial charge in [-0.3, -0.25) is 0 Å². The standard InChI is InChI=1S/C13H22O2/c1-4-6-7-8-9-10-12(3)11-15-13(14)5-2/h5H,2-4,6-11H2,1H3. The second kappa shape index (κ2) is 9.50. The van der Waals surface area contributed by atoms with Crippen LogP contribution < -0.4 is 0 Å². The summed E-state index contributed by atoms with van der Waals surface area (Å²) in [6.07, 6.45) is 8.36. The molecule has 0 saturated heterocycles. The van der Waals surface area contributed by atoms with E-state index in [1.807, 2.05) is 0 Å². The van der Waals surface area contributed by atoms with Gasteiger partial charge in [-0.15, -0.1) is 0 Å². The van der Waals surface area contributed by atoms with E-state index in [1.165, 1.54) is 31.8 Å². The first kappa shape index (κ1) is 13.9. The van der Waals surface area contributed by atoms with Gasteiger partial charge in [0.25, 0.3) is 0 Å². The van der Waals surface area contributed by atoms with Gasteiger partial charge in [-0.1, -0.05) is 45.8 Å². The molecule has 0 aliphatic heterocycles. The molecule has 0 rings (SSSR count). The van der Waals surface area contributed by atoms with Gasteiger partial charge in [0.05, 0.1) is 0 Å². The van der Waals surface area contributed by atoms with Crippen LogP contribution in [0, 0.1) is 0 Å². The molecule has 0 N–H and O–H groups in total. The predicted molar refractivity (Wildman–Crippen MR) is 63.7 cm³/mol. The minimum Gasteiger partial charge on any atom is -0.458 e. The molecule has 0 radical (unpaired) electrons. The van der Waals surface area contributed by atoms with Crippen molar-refractivity contribution < 1.29 is 9.53 Å². The molecule has 15 heavy (non-hydrogen) atoms. The normalized spacial score (nSPS) is 9.67. The predicted octanol–water partition coefficient (Wildman–Crippen LogP) is 3.63. The molecule has 0 bridgehead atoms. The first-order chi connectivity index (χ1) is 7.20. The van der Waals surface area contributed by atoms with Crippen LogP contribution in [0.4, 0.5) is 0 Å². The molecule has 0 atom stereocenters. The fourth-order valence-electron chi connectivity index (χ4n) is 1.28. The zero-order valence-corrected chi connectivity index (χ0v) is 9.76. The monoisotopic (exact) mass is 210 g/mol. The first-order valence-corrected chi connectivity index (χ1v) is 5.66. The molecule has 86 valence electrons. The van der Waals surface area contributed by atoms with Crippen LogP contribution in [0.5, 0.6) is 0 Å². The molecule has 0 aliphatic carbocycles. The highest BCUT2D eigenvalue weighted by molar-refractivity contribution is 5.81. The molecule has 0 aromatic rings. The van der Waals surface area contributed by atoms with Crippen LogP contribution >= 0.6 is 0 Å². The summed E-state index contributed by atoms with van der Waals surface area (Å²) in [5.41, 5.74) is 0.988. The minimum atomic E-state index is -0.373. The molecular formula is C13H22O2. The van der Waals surface area contributed by atoms with Crippen molar-refractivity contribution in [1.29, 1.82) is 0 Å². The number of hydrogen-bond donors (Lipinski definition) is 0. The Balaban J connectivity index is 3.33. The summed E-state index contributed by atoms with van der Waals surface area (Å²) in [7, 11) is 0. The number of unbranched alkanes of at least 4 members (excludes halogenated alkanes) is 4. The molecule has 0 spiro atoms. The maximum absolute atomic E-state index is 10.8. The lowest BCUT2D eigenvalue weighted by Crippen LogP contribution is -2.03. The summed E-state index contributed by atoms with van der Waals surface area (Å²) in [6, 6.07) is 0. The SMILES string of the molecule is C=CC(=O)OCC(=C)CCCCCCC. The van der Waals surface area contributed by atoms with Crippen molar-refractivity contribution in [1.82, 2.24) is 0 Å². The summed E-state index contributed by atoms with van der Waals surface area (Å²) < 4.78 is 4.87. The fraction of sp³-hybridized carbons (Fsp3) is 0.615. The Morgan fingerprint density at radius 1 is 1.27 bits per heavy atom. The summed E-state index contributed by atoms with van der Waals surface area (Å²) in [4.78, 5) is 10.8. The maximum atomic E-state index is 10.8. The van der Waals surface area contributed by atoms with Crippen molar-refractivity contribution in [2.45, 2.75) is 45.4 Å². The first-order valence-electron chi connectivity index (χ1n) is 5.66. The van der Waals surface area contributed by atoms with Crippen LogP contribution in [0.1, 0.15) is 45.4 Å². The smallest absolute Gasteiger partial charge is 0.330 e. The van der Waals surface area contributed by atoms with E-state index < -0.39 is 0 Å². The van der Waals surface area contributed by atoms with Gasteiger partial charge in [0.2, 0.25) is 0 Å². The molecule has 0 heterocycles. The molecule has 0 saturated carbocycles. The molecule has 0 unspecified atom stereocenters. The number of hydrogen-bond acceptors (Lipinski definition) is 2. The van der Waals surface area contributed by atoms with Gasteiger partial charge in [-0.25, -0.2) is 4.79 Å². The highest BCUT2D eigenvalue weighted by atomic mass is 16.5. The highest BCUT2D eigenvalue weighted by Crippen LogP contribution is 2.09. The largest absolute Gasteiger partial charge is 0.458 e. The molecule has 0 aliphatic rings. The van der Waals surface area contributed by atoms with Crippen molar-refractivity contribution in [3.63, 3.8) is 0 Å². The average molecular weight is 210 g/mol. The Kier molecular flexibility index (Phi) is 8.84. The number of carbonyl (C=O) groups excluding carboxylic acids is 1. The maximum Gasteiger partial charge on any atom is 0.330 e. The number of carbonyl (C=O) groups is 1. The van der Waals surface area contributed by atoms with Crippen LogP contribution in [-0.4, -0.2) is 12.6 Å². The zero-order chi connectivity index (χ0) is 11.5. The van der Waals surface area contributed by atoms with Crippen molar-refractivity contribution in [2.24, 2.45) is 0 Å². The molecule has 2 nitrogen and oxygen atoms in total. The van der Waals surface area contributed by atoms with Crippen molar-refractivity contribution in [3.05, 3.63) is 24.8 Å². The average Bonchev–Trinajstić information content (AvgIpc) is 2.25. The second-order valence-electron chi connectivity index (χ2n) is 3.73. The lowest BCUT2D eigenvalue weighted by molar-refractivity contribution is -0.136. The van der Waals surface area contributed by atoms with Crippen LogP contribution in [0.25, 0.3) is 0 Å². The third-order valence-corrected chi connectivity index (χ3v) is 2.22. The van der Waals surface area contributed by atoms with E-state index in [9.17, 15) is 4.79 Å². The number of ether oxygens (including phenoxy) is 1. The molecule has 0 aromatic heterocycles. The van der Waals surface area contributed by atoms with Crippen molar-refractivity contribution in [3.8, 4) is 0 Å². The van der Waals surface area contributed by atoms with E-state index in [0.717, 1.165) is 18.4 Å². The molecule has 2 heteroatoms. The van der Waals surface area contributed by atoms with Crippen molar-refractivity contribution in [2.75, 3.05) is 6.61 Å². The Morgan fingerprint density at radius 2 is 1.93 bits per heavy atom. The summed E-state index contributed by atoms with van der Waals surface area (Å²) in [5.74, 6) is -0.373. The van der Waals surface area contributed by atoms with Crippen LogP contribution in [0.2, 0.25) is 0 Å². The van der Waals surface area contributed by atoms with Gasteiger partial charge >= 0.3 is 5.97 Å². The minimum absolute atomic E-state index is 0.332. The molecular weight excluding hydrogens is 188 g/mol. The lowest BCUT2D eigenvalue weighted by atomic mass is 10.1. The Labute approximate surface area is 93.0 Å². The highest BCUT2D eigenvalue weighted by Gasteiger charge is 1.99. The zero-order valence-electron chi connectivity index (χ0n) is 9.76. The van der Waals surface area contributed by atoms with Gasteiger partial charge in [-0.2, -0.15) is 0 Å². The Morgan fingerprint density at radius 3 is 2.53 bits per heavy atom. The number of esters is 1. The van der Waals surface area contributed by atoms with Crippen LogP contribution in [0.3, 0.4) is 0 Å². The summed E-state index contributed by atoms with van der Waals surface area (Å²) in [5, 5.41) is 0. The van der Waals surface area contributed by atoms with E-state index in [-0.39, 0.29) is 5.97 Å². The van der Waals surface area contributed by atoms with Crippen LogP contribution in [0.15, 0.2) is 24.8 Å². The molecule has 0 amide bonds. The summed E-state index contributed by atoms with van der Waals surface area (Å²) >= 11 is 0. The van der Waals surface area contributed by atoms with Gasteiger partial charge in [-0.05, 0) is 18.4 Å². The Hall–Kier alpha value is -1.05. The Bertz CT molecular complexity index is 207. The van der Waals surface area contributed by atoms with Gasteiger partial charge in [0, 0.05) is 6.08 Å². The van der Waals surface area contributed by atoms with Crippen LogP contribution in [-0.2, 0) is 9.53 Å². The lowest BCUT2D eigenvalue weighted by Gasteiger charge is -2.05. The van der Waals surface area contributed by atoms with Gasteiger partial charge < -0.3 is 4.74 Å². The topological polar surface area (TPSA) is 26.3 Å². The summed E-state index contributed by atoms with van der Waals surface area (Å²) in [6.45, 7) is 9.73. The fourth-order valence-corrected chi connectivity index (χ4v) is 1.28. The van der Waals surface area contributed by atoms with E-state index in [0.29, 0.717) is 6.61 Å². The number of rotatable bonds is 9. The third-order valence-electron chi connectivity index (χ3n) is 2.22. The third kappa shape index (κ3) is 9.26. The quantitative estimate of drug-likeness (QED) is 0.251.